The summed E-state index contributed by atoms with van der Waals surface area (Å²) in [4.78, 5) is 0. The molecular weight excluding hydrogens is 259 g/mol. The molecule has 0 aliphatic heterocycles. The SMILES string of the molecule is C=C(N)n1cc(F)c(-n2nnc3ccccc32)cc1=N. The van der Waals surface area contributed by atoms with Crippen LogP contribution in [-0.4, -0.2) is 19.6 Å². The number of benzene rings is 1. The van der Waals surface area contributed by atoms with Crippen molar-refractivity contribution >= 4 is 16.9 Å². The molecule has 100 valence electrons. The van der Waals surface area contributed by atoms with Crippen molar-refractivity contribution in [1.29, 1.82) is 5.41 Å². The Bertz CT molecular complexity index is 876. The summed E-state index contributed by atoms with van der Waals surface area (Å²) in [6.07, 6.45) is 1.11. The molecule has 3 aromatic rings. The molecule has 20 heavy (non-hydrogen) atoms. The highest BCUT2D eigenvalue weighted by Gasteiger charge is 2.12. The van der Waals surface area contributed by atoms with Gasteiger partial charge in [0.25, 0.3) is 0 Å². The molecule has 2 aromatic heterocycles. The number of nitrogens with two attached hydrogens (primary N) is 1. The highest BCUT2D eigenvalue weighted by atomic mass is 19.1. The average molecular weight is 270 g/mol. The molecule has 0 aliphatic rings. The number of rotatable bonds is 2. The fraction of sp³-hybridized carbons (Fsp3) is 0. The highest BCUT2D eigenvalue weighted by molar-refractivity contribution is 5.75. The van der Waals surface area contributed by atoms with Gasteiger partial charge in [-0.15, -0.1) is 5.10 Å². The van der Waals surface area contributed by atoms with Gasteiger partial charge in [-0.2, -0.15) is 0 Å². The number of halogens is 1. The minimum Gasteiger partial charge on any atom is -0.385 e. The van der Waals surface area contributed by atoms with Gasteiger partial charge >= 0.3 is 0 Å². The van der Waals surface area contributed by atoms with Crippen molar-refractivity contribution in [1.82, 2.24) is 19.6 Å². The maximum atomic E-state index is 14.2. The van der Waals surface area contributed by atoms with Crippen molar-refractivity contribution in [2.24, 2.45) is 5.73 Å². The molecule has 7 heteroatoms. The molecule has 2 heterocycles. The Kier molecular flexibility index (Phi) is 2.60. The van der Waals surface area contributed by atoms with E-state index >= 15 is 0 Å². The monoisotopic (exact) mass is 270 g/mol. The van der Waals surface area contributed by atoms with Crippen molar-refractivity contribution in [3.05, 3.63) is 54.4 Å². The Morgan fingerprint density at radius 1 is 1.35 bits per heavy atom. The van der Waals surface area contributed by atoms with Crippen LogP contribution in [0.5, 0.6) is 0 Å². The van der Waals surface area contributed by atoms with Gasteiger partial charge in [0.2, 0.25) is 0 Å². The molecule has 0 radical (unpaired) electrons. The Morgan fingerprint density at radius 3 is 2.85 bits per heavy atom. The molecular formula is C13H11FN6. The van der Waals surface area contributed by atoms with Crippen LogP contribution in [0.4, 0.5) is 4.39 Å². The Morgan fingerprint density at radius 2 is 2.10 bits per heavy atom. The van der Waals surface area contributed by atoms with E-state index < -0.39 is 5.82 Å². The van der Waals surface area contributed by atoms with Crippen molar-refractivity contribution in [2.75, 3.05) is 0 Å². The lowest BCUT2D eigenvalue weighted by Gasteiger charge is -2.09. The second-order valence-electron chi connectivity index (χ2n) is 4.24. The number of nitrogens with one attached hydrogen (secondary N) is 1. The van der Waals surface area contributed by atoms with Crippen LogP contribution in [0.25, 0.3) is 22.5 Å². The van der Waals surface area contributed by atoms with E-state index in [1.165, 1.54) is 10.7 Å². The molecule has 0 bridgehead atoms. The first-order valence-corrected chi connectivity index (χ1v) is 5.80. The third-order valence-electron chi connectivity index (χ3n) is 2.91. The summed E-state index contributed by atoms with van der Waals surface area (Å²) in [5, 5.41) is 15.7. The molecule has 0 aliphatic carbocycles. The largest absolute Gasteiger partial charge is 0.385 e. The van der Waals surface area contributed by atoms with Crippen LogP contribution in [0.3, 0.4) is 0 Å². The molecule has 3 N–H and O–H groups in total. The van der Waals surface area contributed by atoms with E-state index in [9.17, 15) is 4.39 Å². The van der Waals surface area contributed by atoms with Gasteiger partial charge in [-0.1, -0.05) is 23.9 Å². The summed E-state index contributed by atoms with van der Waals surface area (Å²) in [6.45, 7) is 3.49. The van der Waals surface area contributed by atoms with Gasteiger partial charge < -0.3 is 5.73 Å². The van der Waals surface area contributed by atoms with E-state index in [0.29, 0.717) is 11.0 Å². The molecule has 0 saturated carbocycles. The number of para-hydroxylation sites is 1. The smallest absolute Gasteiger partial charge is 0.165 e. The zero-order valence-corrected chi connectivity index (χ0v) is 10.4. The zero-order valence-electron chi connectivity index (χ0n) is 10.4. The standard InChI is InChI=1S/C13H11FN6/c1-8(15)19-7-9(14)12(6-13(19)16)20-11-5-3-2-4-10(11)17-18-20/h2-7,16H,1,15H2. The van der Waals surface area contributed by atoms with Gasteiger partial charge in [0.05, 0.1) is 11.7 Å². The van der Waals surface area contributed by atoms with Crippen LogP contribution in [0.2, 0.25) is 0 Å². The molecule has 6 nitrogen and oxygen atoms in total. The number of hydrogen-bond donors (Lipinski definition) is 2. The lowest BCUT2D eigenvalue weighted by atomic mass is 10.3. The molecule has 0 spiro atoms. The third kappa shape index (κ3) is 1.76. The minimum absolute atomic E-state index is 0.00785. The number of aromatic nitrogens is 4. The van der Waals surface area contributed by atoms with E-state index in [1.807, 2.05) is 12.1 Å². The first-order chi connectivity index (χ1) is 9.58. The van der Waals surface area contributed by atoms with Crippen LogP contribution in [0, 0.1) is 11.2 Å². The fourth-order valence-corrected chi connectivity index (χ4v) is 1.96. The van der Waals surface area contributed by atoms with Gasteiger partial charge in [0.1, 0.15) is 22.5 Å². The first-order valence-electron chi connectivity index (χ1n) is 5.80. The second-order valence-corrected chi connectivity index (χ2v) is 4.24. The predicted molar refractivity (Wildman–Crippen MR) is 72.2 cm³/mol. The normalized spacial score (nSPS) is 10.8. The van der Waals surface area contributed by atoms with E-state index in [1.54, 1.807) is 12.1 Å². The molecule has 0 fully saturated rings. The zero-order chi connectivity index (χ0) is 14.3. The number of pyridine rings is 1. The topological polar surface area (TPSA) is 85.5 Å². The van der Waals surface area contributed by atoms with Gasteiger partial charge in [0.15, 0.2) is 5.82 Å². The summed E-state index contributed by atoms with van der Waals surface area (Å²) in [7, 11) is 0. The quantitative estimate of drug-likeness (QED) is 0.734. The third-order valence-corrected chi connectivity index (χ3v) is 2.91. The number of fused-ring (bicyclic) bond motifs is 1. The summed E-state index contributed by atoms with van der Waals surface area (Å²) in [5.41, 5.74) is 6.95. The molecule has 3 rings (SSSR count). The van der Waals surface area contributed by atoms with Gasteiger partial charge in [-0.25, -0.2) is 9.07 Å². The summed E-state index contributed by atoms with van der Waals surface area (Å²) < 4.78 is 16.7. The van der Waals surface area contributed by atoms with Crippen LogP contribution >= 0.6 is 0 Å². The lowest BCUT2D eigenvalue weighted by Crippen LogP contribution is -2.23. The molecule has 1 aromatic carbocycles. The second kappa shape index (κ2) is 4.30. The van der Waals surface area contributed by atoms with E-state index in [4.69, 9.17) is 11.1 Å². The first kappa shape index (κ1) is 12.1. The Labute approximate surface area is 113 Å². The molecule has 0 saturated heterocycles. The summed E-state index contributed by atoms with van der Waals surface area (Å²) >= 11 is 0. The van der Waals surface area contributed by atoms with Crippen LogP contribution in [0.1, 0.15) is 0 Å². The van der Waals surface area contributed by atoms with Gasteiger partial charge in [0, 0.05) is 6.07 Å². The maximum absolute atomic E-state index is 14.2. The molecule has 0 atom stereocenters. The van der Waals surface area contributed by atoms with Crippen molar-refractivity contribution in [3.8, 4) is 5.69 Å². The molecule has 0 unspecified atom stereocenters. The fourth-order valence-electron chi connectivity index (χ4n) is 1.96. The van der Waals surface area contributed by atoms with Crippen LogP contribution in [-0.2, 0) is 0 Å². The van der Waals surface area contributed by atoms with E-state index in [0.717, 1.165) is 10.8 Å². The van der Waals surface area contributed by atoms with Gasteiger partial charge in [-0.3, -0.25) is 9.98 Å². The lowest BCUT2D eigenvalue weighted by molar-refractivity contribution is 0.593. The minimum atomic E-state index is -0.566. The van der Waals surface area contributed by atoms with Crippen LogP contribution in [0.15, 0.2) is 43.1 Å². The Hall–Kier alpha value is -2.96. The van der Waals surface area contributed by atoms with Crippen molar-refractivity contribution < 1.29 is 4.39 Å². The van der Waals surface area contributed by atoms with Gasteiger partial charge in [-0.05, 0) is 12.1 Å². The predicted octanol–water partition coefficient (Wildman–Crippen LogP) is 1.23. The highest BCUT2D eigenvalue weighted by Crippen LogP contribution is 2.17. The van der Waals surface area contributed by atoms with E-state index in [-0.39, 0.29) is 17.0 Å². The maximum Gasteiger partial charge on any atom is 0.165 e. The van der Waals surface area contributed by atoms with E-state index in [2.05, 4.69) is 16.9 Å². The van der Waals surface area contributed by atoms with Crippen molar-refractivity contribution in [2.45, 2.75) is 0 Å². The summed E-state index contributed by atoms with van der Waals surface area (Å²) in [6, 6.07) is 8.52. The number of nitrogens with zero attached hydrogens (tertiary/aromatic N) is 4. The Balaban J connectivity index is 2.28. The summed E-state index contributed by atoms with van der Waals surface area (Å²) in [5.74, 6) is -0.493. The van der Waals surface area contributed by atoms with Crippen molar-refractivity contribution in [3.63, 3.8) is 0 Å². The number of hydrogen-bond acceptors (Lipinski definition) is 4. The van der Waals surface area contributed by atoms with Crippen LogP contribution < -0.4 is 11.2 Å². The molecule has 0 amide bonds. The average Bonchev–Trinajstić information content (AvgIpc) is 2.84.